The van der Waals surface area contributed by atoms with Crippen molar-refractivity contribution < 1.29 is 9.53 Å². The van der Waals surface area contributed by atoms with Gasteiger partial charge in [-0.1, -0.05) is 19.9 Å². The minimum Gasteiger partial charge on any atom is -0.495 e. The van der Waals surface area contributed by atoms with E-state index >= 15 is 0 Å². The number of hydrogen-bond donors (Lipinski definition) is 1. The van der Waals surface area contributed by atoms with E-state index in [1.807, 2.05) is 13.0 Å². The van der Waals surface area contributed by atoms with E-state index in [1.165, 1.54) is 5.56 Å². The number of ether oxygens (including phenoxy) is 1. The average Bonchev–Trinajstić information content (AvgIpc) is 2.81. The number of benzene rings is 1. The molecule has 1 heterocycles. The Labute approximate surface area is 133 Å². The summed E-state index contributed by atoms with van der Waals surface area (Å²) in [5.74, 6) is 0.694. The third kappa shape index (κ3) is 2.98. The predicted molar refractivity (Wildman–Crippen MR) is 90.6 cm³/mol. The maximum absolute atomic E-state index is 12.1. The van der Waals surface area contributed by atoms with Crippen molar-refractivity contribution in [2.75, 3.05) is 25.5 Å². The number of carbonyl (C=O) groups is 1. The van der Waals surface area contributed by atoms with Gasteiger partial charge in [-0.05, 0) is 57.0 Å². The van der Waals surface area contributed by atoms with Gasteiger partial charge < -0.3 is 10.1 Å². The minimum absolute atomic E-state index is 0.0606. The summed E-state index contributed by atoms with van der Waals surface area (Å²) in [4.78, 5) is 14.6. The normalized spacial score (nSPS) is 18.3. The first kappa shape index (κ1) is 16.8. The number of anilines is 1. The summed E-state index contributed by atoms with van der Waals surface area (Å²) >= 11 is 0. The number of amides is 1. The molecule has 0 aromatic heterocycles. The largest absolute Gasteiger partial charge is 0.495 e. The third-order valence-electron chi connectivity index (χ3n) is 4.55. The summed E-state index contributed by atoms with van der Waals surface area (Å²) < 4.78 is 5.42. The van der Waals surface area contributed by atoms with Crippen molar-refractivity contribution in [2.24, 2.45) is 0 Å². The molecule has 2 atom stereocenters. The van der Waals surface area contributed by atoms with Crippen LogP contribution in [0, 0.1) is 0 Å². The Morgan fingerprint density at radius 2 is 1.91 bits per heavy atom. The van der Waals surface area contributed by atoms with Gasteiger partial charge in [0.1, 0.15) is 5.75 Å². The van der Waals surface area contributed by atoms with Crippen molar-refractivity contribution in [3.63, 3.8) is 0 Å². The second-order valence-corrected chi connectivity index (χ2v) is 6.07. The van der Waals surface area contributed by atoms with Crippen LogP contribution in [0.3, 0.4) is 0 Å². The van der Waals surface area contributed by atoms with Crippen molar-refractivity contribution in [1.29, 1.82) is 0 Å². The fraction of sp³-hybridized carbons (Fsp3) is 0.611. The van der Waals surface area contributed by atoms with Crippen LogP contribution in [0.1, 0.15) is 63.6 Å². The van der Waals surface area contributed by atoms with E-state index < -0.39 is 0 Å². The Hall–Kier alpha value is -1.55. The molecule has 0 spiro atoms. The number of nitrogens with zero attached hydrogens (tertiary/aromatic N) is 1. The van der Waals surface area contributed by atoms with Gasteiger partial charge in [-0.3, -0.25) is 9.69 Å². The average molecular weight is 304 g/mol. The van der Waals surface area contributed by atoms with E-state index in [0.29, 0.717) is 6.04 Å². The quantitative estimate of drug-likeness (QED) is 0.829. The number of rotatable bonds is 7. The first-order valence-corrected chi connectivity index (χ1v) is 8.30. The third-order valence-corrected chi connectivity index (χ3v) is 4.55. The lowest BCUT2D eigenvalue weighted by Crippen LogP contribution is -2.29. The number of hydrogen-bond acceptors (Lipinski definition) is 3. The molecule has 1 aromatic rings. The summed E-state index contributed by atoms with van der Waals surface area (Å²) in [6.07, 6.45) is 2.27. The molecule has 4 nitrogen and oxygen atoms in total. The van der Waals surface area contributed by atoms with Gasteiger partial charge in [0.05, 0.1) is 18.7 Å². The van der Waals surface area contributed by atoms with Gasteiger partial charge in [0.15, 0.2) is 0 Å². The minimum atomic E-state index is -0.118. The fourth-order valence-electron chi connectivity index (χ4n) is 3.38. The van der Waals surface area contributed by atoms with Crippen LogP contribution in [0.4, 0.5) is 5.69 Å². The Bertz CT molecular complexity index is 536. The molecule has 1 aliphatic rings. The first-order valence-electron chi connectivity index (χ1n) is 8.30. The zero-order chi connectivity index (χ0) is 16.3. The van der Waals surface area contributed by atoms with Crippen LogP contribution < -0.4 is 10.1 Å². The Balaban J connectivity index is 2.43. The van der Waals surface area contributed by atoms with Gasteiger partial charge in [-0.25, -0.2) is 0 Å². The van der Waals surface area contributed by atoms with Crippen LogP contribution in [0.15, 0.2) is 12.1 Å². The highest BCUT2D eigenvalue weighted by Gasteiger charge is 2.33. The lowest BCUT2D eigenvalue weighted by molar-refractivity contribution is -0.116. The highest BCUT2D eigenvalue weighted by atomic mass is 16.5. The van der Waals surface area contributed by atoms with Gasteiger partial charge in [-0.2, -0.15) is 0 Å². The summed E-state index contributed by atoms with van der Waals surface area (Å²) in [6, 6.07) is 4.39. The molecule has 2 unspecified atom stereocenters. The first-order chi connectivity index (χ1) is 10.5. The number of carbonyl (C=O) groups excluding carboxylic acids is 1. The van der Waals surface area contributed by atoms with E-state index in [-0.39, 0.29) is 11.8 Å². The zero-order valence-electron chi connectivity index (χ0n) is 14.4. The standard InChI is InChI=1S/C18H28N2O2/c1-6-10-20(11-7-2)13(4)14-8-9-15(22-5)17-16(14)12(3)18(21)19-17/h8-9,12-13H,6-7,10-11H2,1-5H3,(H,19,21). The smallest absolute Gasteiger partial charge is 0.231 e. The van der Waals surface area contributed by atoms with Crippen LogP contribution in [0.2, 0.25) is 0 Å². The van der Waals surface area contributed by atoms with E-state index in [1.54, 1.807) is 7.11 Å². The number of fused-ring (bicyclic) bond motifs is 1. The Kier molecular flexibility index (Phi) is 5.46. The second-order valence-electron chi connectivity index (χ2n) is 6.07. The molecule has 0 aliphatic carbocycles. The summed E-state index contributed by atoms with van der Waals surface area (Å²) in [6.45, 7) is 10.8. The van der Waals surface area contributed by atoms with Gasteiger partial charge in [0.25, 0.3) is 0 Å². The highest BCUT2D eigenvalue weighted by Crippen LogP contribution is 2.44. The van der Waals surface area contributed by atoms with Crippen LogP contribution in [0.5, 0.6) is 5.75 Å². The second kappa shape index (κ2) is 7.14. The molecule has 122 valence electrons. The van der Waals surface area contributed by atoms with Gasteiger partial charge >= 0.3 is 0 Å². The Morgan fingerprint density at radius 3 is 2.45 bits per heavy atom. The van der Waals surface area contributed by atoms with E-state index in [0.717, 1.165) is 42.9 Å². The molecule has 0 saturated heterocycles. The monoisotopic (exact) mass is 304 g/mol. The van der Waals surface area contributed by atoms with Crippen LogP contribution in [-0.4, -0.2) is 31.0 Å². The van der Waals surface area contributed by atoms with Crippen LogP contribution >= 0.6 is 0 Å². The lowest BCUT2D eigenvalue weighted by atomic mass is 9.92. The Morgan fingerprint density at radius 1 is 1.27 bits per heavy atom. The molecule has 0 fully saturated rings. The molecule has 0 saturated carbocycles. The maximum atomic E-state index is 12.1. The van der Waals surface area contributed by atoms with Gasteiger partial charge in [0.2, 0.25) is 5.91 Å². The summed E-state index contributed by atoms with van der Waals surface area (Å²) in [7, 11) is 1.65. The van der Waals surface area contributed by atoms with Crippen LogP contribution in [0.25, 0.3) is 0 Å². The van der Waals surface area contributed by atoms with Crippen molar-refractivity contribution in [2.45, 2.75) is 52.5 Å². The number of methoxy groups -OCH3 is 1. The summed E-state index contributed by atoms with van der Waals surface area (Å²) in [5, 5.41) is 2.98. The van der Waals surface area contributed by atoms with E-state index in [4.69, 9.17) is 4.74 Å². The molecule has 1 N–H and O–H groups in total. The molecule has 2 rings (SSSR count). The predicted octanol–water partition coefficient (Wildman–Crippen LogP) is 3.93. The molecule has 22 heavy (non-hydrogen) atoms. The molecule has 4 heteroatoms. The lowest BCUT2D eigenvalue weighted by Gasteiger charge is -2.30. The van der Waals surface area contributed by atoms with Gasteiger partial charge in [-0.15, -0.1) is 0 Å². The fourth-order valence-corrected chi connectivity index (χ4v) is 3.38. The molecule has 1 aliphatic heterocycles. The summed E-state index contributed by atoms with van der Waals surface area (Å²) in [5.41, 5.74) is 3.20. The van der Waals surface area contributed by atoms with Crippen molar-refractivity contribution >= 4 is 11.6 Å². The maximum Gasteiger partial charge on any atom is 0.231 e. The van der Waals surface area contributed by atoms with Crippen LogP contribution in [-0.2, 0) is 4.79 Å². The number of nitrogens with one attached hydrogen (secondary N) is 1. The van der Waals surface area contributed by atoms with Gasteiger partial charge in [0, 0.05) is 6.04 Å². The SMILES string of the molecule is CCCN(CCC)C(C)c1ccc(OC)c2c1C(C)C(=O)N2. The molecule has 0 bridgehead atoms. The van der Waals surface area contributed by atoms with Crippen molar-refractivity contribution in [3.8, 4) is 5.75 Å². The van der Waals surface area contributed by atoms with E-state index in [2.05, 4.69) is 37.1 Å². The zero-order valence-corrected chi connectivity index (χ0v) is 14.4. The molecule has 0 radical (unpaired) electrons. The molecular formula is C18H28N2O2. The van der Waals surface area contributed by atoms with Crippen molar-refractivity contribution in [1.82, 2.24) is 4.90 Å². The molecular weight excluding hydrogens is 276 g/mol. The molecule has 1 aromatic carbocycles. The topological polar surface area (TPSA) is 41.6 Å². The van der Waals surface area contributed by atoms with Crippen molar-refractivity contribution in [3.05, 3.63) is 23.3 Å². The van der Waals surface area contributed by atoms with E-state index in [9.17, 15) is 4.79 Å². The highest BCUT2D eigenvalue weighted by molar-refractivity contribution is 6.04. The molecule has 1 amide bonds.